The van der Waals surface area contributed by atoms with Gasteiger partial charge in [0.05, 0.1) is 11.3 Å². The number of hydrogen-bond acceptors (Lipinski definition) is 3. The maximum Gasteiger partial charge on any atom is 0.236 e. The molecule has 0 radical (unpaired) electrons. The van der Waals surface area contributed by atoms with Crippen molar-refractivity contribution in [3.05, 3.63) is 35.6 Å². The molecule has 6 heteroatoms. The fourth-order valence-corrected chi connectivity index (χ4v) is 4.17. The van der Waals surface area contributed by atoms with Crippen LogP contribution in [0.2, 0.25) is 0 Å². The molecule has 2 heterocycles. The number of hydrogen-bond donors (Lipinski definition) is 1. The molecule has 21 heavy (non-hydrogen) atoms. The van der Waals surface area contributed by atoms with Gasteiger partial charge in [0.1, 0.15) is 5.82 Å². The minimum absolute atomic E-state index is 0. The smallest absolute Gasteiger partial charge is 0.236 e. The molecule has 2 atom stereocenters. The number of thioether (sulfide) groups is 1. The number of piperazine rings is 1. The van der Waals surface area contributed by atoms with E-state index in [9.17, 15) is 9.18 Å². The van der Waals surface area contributed by atoms with Crippen LogP contribution in [0.5, 0.6) is 0 Å². The molecule has 1 amide bonds. The van der Waals surface area contributed by atoms with Gasteiger partial charge < -0.3 is 10.2 Å². The molecule has 1 N–H and O–H groups in total. The van der Waals surface area contributed by atoms with Crippen LogP contribution in [-0.2, 0) is 4.79 Å². The summed E-state index contributed by atoms with van der Waals surface area (Å²) in [6, 6.07) is 6.56. The lowest BCUT2D eigenvalue weighted by Crippen LogP contribution is -2.50. The lowest BCUT2D eigenvalue weighted by Gasteiger charge is -2.38. The van der Waals surface area contributed by atoms with E-state index in [0.717, 1.165) is 30.7 Å². The van der Waals surface area contributed by atoms with Gasteiger partial charge in [-0.15, -0.1) is 24.2 Å². The van der Waals surface area contributed by atoms with Crippen LogP contribution in [-0.4, -0.2) is 41.4 Å². The molecule has 3 rings (SSSR count). The summed E-state index contributed by atoms with van der Waals surface area (Å²) in [6.45, 7) is 2.22. The molecular formula is C15H20ClFN2OS. The molecule has 1 aromatic carbocycles. The Kier molecular flexibility index (Phi) is 5.90. The summed E-state index contributed by atoms with van der Waals surface area (Å²) >= 11 is 1.76. The number of benzene rings is 1. The van der Waals surface area contributed by atoms with Crippen molar-refractivity contribution in [3.63, 3.8) is 0 Å². The van der Waals surface area contributed by atoms with E-state index < -0.39 is 0 Å². The molecule has 2 unspecified atom stereocenters. The highest BCUT2D eigenvalue weighted by molar-refractivity contribution is 8.00. The largest absolute Gasteiger partial charge is 0.332 e. The van der Waals surface area contributed by atoms with Crippen LogP contribution in [0.3, 0.4) is 0 Å². The standard InChI is InChI=1S/C15H19FN2OS.ClH/c16-12-4-1-3-11(9-12)13-10-17-6-7-18(13)15(19)14-5-2-8-20-14;/h1,3-4,9,13-14,17H,2,5-8,10H2;1H. The minimum Gasteiger partial charge on any atom is -0.332 e. The van der Waals surface area contributed by atoms with E-state index in [0.29, 0.717) is 13.1 Å². The van der Waals surface area contributed by atoms with E-state index in [4.69, 9.17) is 0 Å². The fraction of sp³-hybridized carbons (Fsp3) is 0.533. The lowest BCUT2D eigenvalue weighted by molar-refractivity contribution is -0.134. The van der Waals surface area contributed by atoms with Crippen molar-refractivity contribution in [2.75, 3.05) is 25.4 Å². The number of rotatable bonds is 2. The molecule has 2 aliphatic heterocycles. The summed E-state index contributed by atoms with van der Waals surface area (Å²) in [5, 5.41) is 3.41. The molecule has 0 aromatic heterocycles. The Bertz CT molecular complexity index is 496. The Hall–Kier alpha value is -0.780. The van der Waals surface area contributed by atoms with E-state index in [1.807, 2.05) is 11.0 Å². The van der Waals surface area contributed by atoms with Crippen molar-refractivity contribution in [2.45, 2.75) is 24.1 Å². The third-order valence-corrected chi connectivity index (χ3v) is 5.33. The van der Waals surface area contributed by atoms with Crippen LogP contribution in [0, 0.1) is 5.82 Å². The molecular weight excluding hydrogens is 311 g/mol. The van der Waals surface area contributed by atoms with E-state index in [-0.39, 0.29) is 35.4 Å². The van der Waals surface area contributed by atoms with Gasteiger partial charge in [-0.2, -0.15) is 0 Å². The summed E-state index contributed by atoms with van der Waals surface area (Å²) in [5.41, 5.74) is 0.883. The number of halogens is 2. The third-order valence-electron chi connectivity index (χ3n) is 3.97. The maximum atomic E-state index is 13.4. The van der Waals surface area contributed by atoms with Gasteiger partial charge in [-0.1, -0.05) is 12.1 Å². The second kappa shape index (κ2) is 7.47. The predicted molar refractivity (Wildman–Crippen MR) is 86.5 cm³/mol. The molecule has 2 fully saturated rings. The second-order valence-electron chi connectivity index (χ2n) is 5.31. The van der Waals surface area contributed by atoms with Crippen molar-refractivity contribution in [2.24, 2.45) is 0 Å². The normalized spacial score (nSPS) is 25.5. The average molecular weight is 331 g/mol. The zero-order valence-corrected chi connectivity index (χ0v) is 13.4. The van der Waals surface area contributed by atoms with Crippen molar-refractivity contribution in [3.8, 4) is 0 Å². The fourth-order valence-electron chi connectivity index (χ4n) is 2.94. The van der Waals surface area contributed by atoms with E-state index in [2.05, 4.69) is 5.32 Å². The first kappa shape index (κ1) is 16.6. The van der Waals surface area contributed by atoms with Crippen LogP contribution in [0.1, 0.15) is 24.4 Å². The van der Waals surface area contributed by atoms with Crippen molar-refractivity contribution >= 4 is 30.1 Å². The van der Waals surface area contributed by atoms with Gasteiger partial charge in [0, 0.05) is 19.6 Å². The van der Waals surface area contributed by atoms with E-state index >= 15 is 0 Å². The quantitative estimate of drug-likeness (QED) is 0.904. The van der Waals surface area contributed by atoms with Crippen LogP contribution in [0.4, 0.5) is 4.39 Å². The summed E-state index contributed by atoms with van der Waals surface area (Å²) in [7, 11) is 0. The summed E-state index contributed by atoms with van der Waals surface area (Å²) in [4.78, 5) is 14.6. The topological polar surface area (TPSA) is 32.3 Å². The zero-order valence-electron chi connectivity index (χ0n) is 11.8. The number of nitrogens with one attached hydrogen (secondary N) is 1. The van der Waals surface area contributed by atoms with Gasteiger partial charge in [-0.05, 0) is 36.3 Å². The Morgan fingerprint density at radius 2 is 2.29 bits per heavy atom. The van der Waals surface area contributed by atoms with Crippen LogP contribution in [0.25, 0.3) is 0 Å². The van der Waals surface area contributed by atoms with Gasteiger partial charge in [0.15, 0.2) is 0 Å². The molecule has 1 aromatic rings. The van der Waals surface area contributed by atoms with Crippen LogP contribution in [0.15, 0.2) is 24.3 Å². The number of carbonyl (C=O) groups is 1. The average Bonchev–Trinajstić information content (AvgIpc) is 3.01. The Balaban J connectivity index is 0.00000161. The monoisotopic (exact) mass is 330 g/mol. The number of amides is 1. The van der Waals surface area contributed by atoms with Gasteiger partial charge in [0.2, 0.25) is 5.91 Å². The Morgan fingerprint density at radius 3 is 3.00 bits per heavy atom. The van der Waals surface area contributed by atoms with Gasteiger partial charge in [-0.3, -0.25) is 4.79 Å². The molecule has 0 saturated carbocycles. The van der Waals surface area contributed by atoms with Gasteiger partial charge >= 0.3 is 0 Å². The molecule has 2 aliphatic rings. The Morgan fingerprint density at radius 1 is 1.43 bits per heavy atom. The van der Waals surface area contributed by atoms with Gasteiger partial charge in [-0.25, -0.2) is 4.39 Å². The van der Waals surface area contributed by atoms with Crippen molar-refractivity contribution < 1.29 is 9.18 Å². The molecule has 116 valence electrons. The third kappa shape index (κ3) is 3.71. The minimum atomic E-state index is -0.240. The summed E-state index contributed by atoms with van der Waals surface area (Å²) < 4.78 is 13.4. The number of carbonyl (C=O) groups excluding carboxylic acids is 1. The Labute approximate surface area is 135 Å². The predicted octanol–water partition coefficient (Wildman–Crippen LogP) is 2.62. The highest BCUT2D eigenvalue weighted by Crippen LogP contribution is 2.31. The van der Waals surface area contributed by atoms with Gasteiger partial charge in [0.25, 0.3) is 0 Å². The highest BCUT2D eigenvalue weighted by Gasteiger charge is 2.34. The van der Waals surface area contributed by atoms with Crippen LogP contribution < -0.4 is 5.32 Å². The SMILES string of the molecule is Cl.O=C(C1CCCS1)N1CCNCC1c1cccc(F)c1. The van der Waals surface area contributed by atoms with E-state index in [1.165, 1.54) is 6.07 Å². The second-order valence-corrected chi connectivity index (χ2v) is 6.62. The zero-order chi connectivity index (χ0) is 13.9. The summed E-state index contributed by atoms with van der Waals surface area (Å²) in [5.74, 6) is 1.06. The first-order chi connectivity index (χ1) is 9.75. The maximum absolute atomic E-state index is 13.4. The lowest BCUT2D eigenvalue weighted by atomic mass is 10.0. The van der Waals surface area contributed by atoms with Crippen LogP contribution >= 0.6 is 24.2 Å². The first-order valence-electron chi connectivity index (χ1n) is 7.14. The summed E-state index contributed by atoms with van der Waals surface area (Å²) in [6.07, 6.45) is 2.10. The van der Waals surface area contributed by atoms with E-state index in [1.54, 1.807) is 23.9 Å². The molecule has 2 saturated heterocycles. The molecule has 3 nitrogen and oxygen atoms in total. The molecule has 0 bridgehead atoms. The molecule has 0 aliphatic carbocycles. The number of nitrogens with zero attached hydrogens (tertiary/aromatic N) is 1. The first-order valence-corrected chi connectivity index (χ1v) is 8.19. The van der Waals surface area contributed by atoms with Crippen molar-refractivity contribution in [1.82, 2.24) is 10.2 Å². The molecule has 0 spiro atoms. The highest BCUT2D eigenvalue weighted by atomic mass is 35.5. The van der Waals surface area contributed by atoms with Crippen molar-refractivity contribution in [1.29, 1.82) is 0 Å².